The number of thiazole rings is 1. The van der Waals surface area contributed by atoms with Crippen LogP contribution >= 0.6 is 22.9 Å². The molecule has 1 saturated heterocycles. The molecule has 2 aromatic rings. The summed E-state index contributed by atoms with van der Waals surface area (Å²) < 4.78 is 27.6. The van der Waals surface area contributed by atoms with Crippen molar-refractivity contribution in [1.82, 2.24) is 8.87 Å². The van der Waals surface area contributed by atoms with Crippen molar-refractivity contribution in [2.45, 2.75) is 25.8 Å². The summed E-state index contributed by atoms with van der Waals surface area (Å²) in [7, 11) is -1.58. The van der Waals surface area contributed by atoms with Crippen LogP contribution in [0.3, 0.4) is 0 Å². The molecule has 2 heterocycles. The first kappa shape index (κ1) is 17.6. The van der Waals surface area contributed by atoms with Crippen LogP contribution < -0.4 is 4.80 Å². The van der Waals surface area contributed by atoms with E-state index in [1.54, 1.807) is 0 Å². The van der Waals surface area contributed by atoms with Crippen LogP contribution in [0.25, 0.3) is 10.2 Å². The molecule has 0 spiro atoms. The van der Waals surface area contributed by atoms with E-state index < -0.39 is 22.0 Å². The molecule has 3 rings (SSSR count). The predicted molar refractivity (Wildman–Crippen MR) is 95.7 cm³/mol. The molecule has 1 atom stereocenters. The molecule has 0 aliphatic carbocycles. The molecule has 1 unspecified atom stereocenters. The maximum atomic E-state index is 12.6. The standard InChI is InChI=1S/C15H18ClN3O3S2/c1-9-6-7-10(16)13-12(9)18(2)15(23-13)17-14(20)11-5-4-8-19(11)24(3,21)22/h6-7,11H,4-5,8H2,1-3H3. The van der Waals surface area contributed by atoms with Crippen molar-refractivity contribution >= 4 is 49.1 Å². The molecule has 1 fully saturated rings. The first-order valence-corrected chi connectivity index (χ1v) is 10.5. The van der Waals surface area contributed by atoms with E-state index >= 15 is 0 Å². The monoisotopic (exact) mass is 387 g/mol. The first-order chi connectivity index (χ1) is 11.2. The van der Waals surface area contributed by atoms with E-state index in [9.17, 15) is 13.2 Å². The number of hydrogen-bond acceptors (Lipinski definition) is 4. The van der Waals surface area contributed by atoms with Gasteiger partial charge in [0.15, 0.2) is 4.80 Å². The van der Waals surface area contributed by atoms with Crippen LogP contribution in [0, 0.1) is 6.92 Å². The average Bonchev–Trinajstić information content (AvgIpc) is 3.09. The number of rotatable bonds is 2. The minimum atomic E-state index is -3.41. The number of aryl methyl sites for hydroxylation is 2. The third-order valence-corrected chi connectivity index (χ3v) is 7.10. The molecule has 1 aromatic heterocycles. The largest absolute Gasteiger partial charge is 0.319 e. The number of sulfonamides is 1. The van der Waals surface area contributed by atoms with Crippen molar-refractivity contribution in [2.24, 2.45) is 12.0 Å². The first-order valence-electron chi connectivity index (χ1n) is 7.50. The van der Waals surface area contributed by atoms with Crippen LogP contribution in [-0.4, -0.2) is 42.0 Å². The van der Waals surface area contributed by atoms with Crippen LogP contribution in [0.4, 0.5) is 0 Å². The highest BCUT2D eigenvalue weighted by atomic mass is 35.5. The molecule has 1 aromatic carbocycles. The molecular weight excluding hydrogens is 370 g/mol. The number of fused-ring (bicyclic) bond motifs is 1. The maximum absolute atomic E-state index is 12.6. The second-order valence-electron chi connectivity index (χ2n) is 5.97. The Balaban J connectivity index is 2.08. The summed E-state index contributed by atoms with van der Waals surface area (Å²) in [6.07, 6.45) is 2.30. The Morgan fingerprint density at radius 1 is 1.42 bits per heavy atom. The smallest absolute Gasteiger partial charge is 0.266 e. The van der Waals surface area contributed by atoms with E-state index in [0.29, 0.717) is 29.2 Å². The molecule has 130 valence electrons. The highest BCUT2D eigenvalue weighted by Crippen LogP contribution is 2.28. The average molecular weight is 388 g/mol. The molecule has 0 N–H and O–H groups in total. The summed E-state index contributed by atoms with van der Waals surface area (Å²) in [4.78, 5) is 17.3. The van der Waals surface area contributed by atoms with E-state index in [4.69, 9.17) is 11.6 Å². The number of carbonyl (C=O) groups is 1. The SMILES string of the molecule is Cc1ccc(Cl)c2sc(=NC(=O)C3CCCN3S(C)(=O)=O)n(C)c12. The van der Waals surface area contributed by atoms with Crippen LogP contribution in [0.15, 0.2) is 17.1 Å². The van der Waals surface area contributed by atoms with E-state index in [-0.39, 0.29) is 0 Å². The molecule has 1 aliphatic heterocycles. The summed E-state index contributed by atoms with van der Waals surface area (Å²) >= 11 is 7.58. The molecule has 1 aliphatic rings. The number of halogens is 1. The van der Waals surface area contributed by atoms with E-state index in [1.165, 1.54) is 15.6 Å². The Labute approximate surface area is 149 Å². The molecule has 0 bridgehead atoms. The Kier molecular flexibility index (Phi) is 4.59. The normalized spacial score (nSPS) is 20.2. The van der Waals surface area contributed by atoms with E-state index in [0.717, 1.165) is 22.0 Å². The van der Waals surface area contributed by atoms with Gasteiger partial charge in [-0.3, -0.25) is 4.79 Å². The molecule has 9 heteroatoms. The Bertz CT molecular complexity index is 991. The van der Waals surface area contributed by atoms with Gasteiger partial charge < -0.3 is 4.57 Å². The van der Waals surface area contributed by atoms with Gasteiger partial charge in [-0.1, -0.05) is 29.0 Å². The van der Waals surface area contributed by atoms with Gasteiger partial charge in [0.1, 0.15) is 6.04 Å². The van der Waals surface area contributed by atoms with Gasteiger partial charge in [0, 0.05) is 13.6 Å². The molecular formula is C15H18ClN3O3S2. The fourth-order valence-corrected chi connectivity index (χ4v) is 5.56. The summed E-state index contributed by atoms with van der Waals surface area (Å²) in [5.41, 5.74) is 1.98. The van der Waals surface area contributed by atoms with Gasteiger partial charge in [-0.15, -0.1) is 0 Å². The van der Waals surface area contributed by atoms with Gasteiger partial charge in [-0.2, -0.15) is 9.30 Å². The number of benzene rings is 1. The minimum absolute atomic E-state index is 0.369. The lowest BCUT2D eigenvalue weighted by Gasteiger charge is -2.18. The minimum Gasteiger partial charge on any atom is -0.319 e. The Morgan fingerprint density at radius 2 is 2.12 bits per heavy atom. The lowest BCUT2D eigenvalue weighted by atomic mass is 10.2. The summed E-state index contributed by atoms with van der Waals surface area (Å²) in [5.74, 6) is -0.422. The number of carbonyl (C=O) groups excluding carboxylic acids is 1. The third kappa shape index (κ3) is 3.03. The van der Waals surface area contributed by atoms with Gasteiger partial charge in [0.2, 0.25) is 10.0 Å². The molecule has 0 radical (unpaired) electrons. The second kappa shape index (κ2) is 6.25. The summed E-state index contributed by atoms with van der Waals surface area (Å²) in [6, 6.07) is 3.04. The number of amides is 1. The third-order valence-electron chi connectivity index (χ3n) is 4.22. The molecule has 1 amide bonds. The lowest BCUT2D eigenvalue weighted by molar-refractivity contribution is -0.121. The fourth-order valence-electron chi connectivity index (χ4n) is 3.06. The Hall–Kier alpha value is -1.22. The quantitative estimate of drug-likeness (QED) is 0.791. The van der Waals surface area contributed by atoms with Crippen LogP contribution in [0.5, 0.6) is 0 Å². The van der Waals surface area contributed by atoms with E-state index in [2.05, 4.69) is 4.99 Å². The maximum Gasteiger partial charge on any atom is 0.266 e. The summed E-state index contributed by atoms with van der Waals surface area (Å²) in [5, 5.41) is 0.615. The zero-order valence-corrected chi connectivity index (χ0v) is 16.0. The van der Waals surface area contributed by atoms with E-state index in [1.807, 2.05) is 30.7 Å². The zero-order valence-electron chi connectivity index (χ0n) is 13.6. The van der Waals surface area contributed by atoms with Gasteiger partial charge in [0.25, 0.3) is 5.91 Å². The van der Waals surface area contributed by atoms with Crippen LogP contribution in [-0.2, 0) is 21.9 Å². The molecule has 0 saturated carbocycles. The molecule has 24 heavy (non-hydrogen) atoms. The second-order valence-corrected chi connectivity index (χ2v) is 9.29. The van der Waals surface area contributed by atoms with Crippen molar-refractivity contribution in [3.8, 4) is 0 Å². The highest BCUT2D eigenvalue weighted by molar-refractivity contribution is 7.88. The van der Waals surface area contributed by atoms with Crippen LogP contribution in [0.2, 0.25) is 5.02 Å². The van der Waals surface area contributed by atoms with Gasteiger partial charge in [-0.05, 0) is 31.4 Å². The number of nitrogens with zero attached hydrogens (tertiary/aromatic N) is 3. The number of hydrogen-bond donors (Lipinski definition) is 0. The summed E-state index contributed by atoms with van der Waals surface area (Å²) in [6.45, 7) is 2.34. The predicted octanol–water partition coefficient (Wildman–Crippen LogP) is 2.05. The molecule has 6 nitrogen and oxygen atoms in total. The van der Waals surface area contributed by atoms with Gasteiger partial charge >= 0.3 is 0 Å². The van der Waals surface area contributed by atoms with Gasteiger partial charge in [0.05, 0.1) is 21.5 Å². The van der Waals surface area contributed by atoms with Crippen molar-refractivity contribution in [3.63, 3.8) is 0 Å². The number of aromatic nitrogens is 1. The highest BCUT2D eigenvalue weighted by Gasteiger charge is 2.36. The topological polar surface area (TPSA) is 71.7 Å². The van der Waals surface area contributed by atoms with Crippen molar-refractivity contribution in [3.05, 3.63) is 27.5 Å². The fraction of sp³-hybridized carbons (Fsp3) is 0.467. The van der Waals surface area contributed by atoms with Crippen molar-refractivity contribution < 1.29 is 13.2 Å². The van der Waals surface area contributed by atoms with Gasteiger partial charge in [-0.25, -0.2) is 8.42 Å². The van der Waals surface area contributed by atoms with Crippen LogP contribution in [0.1, 0.15) is 18.4 Å². The lowest BCUT2D eigenvalue weighted by Crippen LogP contribution is -2.39. The van der Waals surface area contributed by atoms with Crippen molar-refractivity contribution in [1.29, 1.82) is 0 Å². The van der Waals surface area contributed by atoms with Crippen molar-refractivity contribution in [2.75, 3.05) is 12.8 Å². The zero-order chi connectivity index (χ0) is 17.6. The Morgan fingerprint density at radius 3 is 2.75 bits per heavy atom.